The van der Waals surface area contributed by atoms with Gasteiger partial charge in [-0.3, -0.25) is 4.79 Å². The highest BCUT2D eigenvalue weighted by molar-refractivity contribution is 5.86. The van der Waals surface area contributed by atoms with Crippen molar-refractivity contribution in [2.75, 3.05) is 26.8 Å². The SMILES string of the molecule is COC[C@H](NC(=O)OC(C)(C)C)C(=O)NC1CCN(C(=O)O)CC1. The molecule has 0 radical (unpaired) electrons. The van der Waals surface area contributed by atoms with Crippen LogP contribution < -0.4 is 10.6 Å². The Morgan fingerprint density at radius 1 is 1.25 bits per heavy atom. The van der Waals surface area contributed by atoms with Gasteiger partial charge in [-0.2, -0.15) is 0 Å². The monoisotopic (exact) mass is 345 g/mol. The summed E-state index contributed by atoms with van der Waals surface area (Å²) in [5.41, 5.74) is -0.665. The minimum Gasteiger partial charge on any atom is -0.465 e. The molecule has 9 nitrogen and oxygen atoms in total. The summed E-state index contributed by atoms with van der Waals surface area (Å²) < 4.78 is 10.1. The molecule has 1 aliphatic heterocycles. The Morgan fingerprint density at radius 2 is 1.83 bits per heavy atom. The fraction of sp³-hybridized carbons (Fsp3) is 0.800. The Hall–Kier alpha value is -2.03. The first-order valence-corrected chi connectivity index (χ1v) is 7.89. The van der Waals surface area contributed by atoms with E-state index in [1.54, 1.807) is 20.8 Å². The van der Waals surface area contributed by atoms with Crippen LogP contribution in [-0.2, 0) is 14.3 Å². The van der Waals surface area contributed by atoms with Gasteiger partial charge >= 0.3 is 12.2 Å². The van der Waals surface area contributed by atoms with E-state index >= 15 is 0 Å². The maximum atomic E-state index is 12.3. The number of nitrogens with one attached hydrogen (secondary N) is 2. The van der Waals surface area contributed by atoms with Gasteiger partial charge in [0.2, 0.25) is 5.91 Å². The zero-order valence-electron chi connectivity index (χ0n) is 14.6. The molecule has 1 atom stereocenters. The highest BCUT2D eigenvalue weighted by Gasteiger charge is 2.28. The smallest absolute Gasteiger partial charge is 0.408 e. The second kappa shape index (κ2) is 8.72. The van der Waals surface area contributed by atoms with Gasteiger partial charge in [-0.25, -0.2) is 9.59 Å². The number of carbonyl (C=O) groups is 3. The zero-order valence-corrected chi connectivity index (χ0v) is 14.6. The standard InChI is InChI=1S/C15H27N3O6/c1-15(2,3)24-13(20)17-11(9-23-4)12(19)16-10-5-7-18(8-6-10)14(21)22/h10-11H,5-9H2,1-4H3,(H,16,19)(H,17,20)(H,21,22)/t11-/m0/s1. The third-order valence-corrected chi connectivity index (χ3v) is 3.45. The minimum atomic E-state index is -0.955. The number of carboxylic acid groups (broad SMARTS) is 1. The molecule has 0 spiro atoms. The Balaban J connectivity index is 2.52. The number of rotatable bonds is 5. The van der Waals surface area contributed by atoms with Crippen molar-refractivity contribution in [1.82, 2.24) is 15.5 Å². The maximum absolute atomic E-state index is 12.3. The molecule has 3 amide bonds. The summed E-state index contributed by atoms with van der Waals surface area (Å²) >= 11 is 0. The van der Waals surface area contributed by atoms with E-state index < -0.39 is 23.8 Å². The number of likely N-dealkylation sites (tertiary alicyclic amines) is 1. The van der Waals surface area contributed by atoms with Crippen LogP contribution in [0.25, 0.3) is 0 Å². The topological polar surface area (TPSA) is 117 Å². The van der Waals surface area contributed by atoms with Crippen LogP contribution in [0.5, 0.6) is 0 Å². The number of methoxy groups -OCH3 is 1. The fourth-order valence-electron chi connectivity index (χ4n) is 2.32. The third kappa shape index (κ3) is 7.03. The molecule has 0 aliphatic carbocycles. The lowest BCUT2D eigenvalue weighted by Crippen LogP contribution is -2.54. The largest absolute Gasteiger partial charge is 0.465 e. The molecular formula is C15H27N3O6. The molecular weight excluding hydrogens is 318 g/mol. The molecule has 0 bridgehead atoms. The van der Waals surface area contributed by atoms with Gasteiger partial charge in [-0.05, 0) is 33.6 Å². The predicted octanol–water partition coefficient (Wildman–Crippen LogP) is 0.785. The average molecular weight is 345 g/mol. The highest BCUT2D eigenvalue weighted by Crippen LogP contribution is 2.11. The summed E-state index contributed by atoms with van der Waals surface area (Å²) in [6.45, 7) is 5.94. The minimum absolute atomic E-state index is 0.0129. The molecule has 24 heavy (non-hydrogen) atoms. The summed E-state index contributed by atoms with van der Waals surface area (Å²) in [6.07, 6.45) is -0.585. The molecule has 0 aromatic carbocycles. The van der Waals surface area contributed by atoms with Crippen LogP contribution in [0.15, 0.2) is 0 Å². The van der Waals surface area contributed by atoms with Crippen LogP contribution in [0, 0.1) is 0 Å². The number of hydrogen-bond acceptors (Lipinski definition) is 5. The summed E-state index contributed by atoms with van der Waals surface area (Å²) in [7, 11) is 1.43. The third-order valence-electron chi connectivity index (χ3n) is 3.45. The van der Waals surface area contributed by atoms with Crippen molar-refractivity contribution >= 4 is 18.1 Å². The molecule has 0 saturated carbocycles. The van der Waals surface area contributed by atoms with Gasteiger partial charge in [0.15, 0.2) is 0 Å². The molecule has 3 N–H and O–H groups in total. The number of carbonyl (C=O) groups excluding carboxylic acids is 2. The Labute approximate surface area is 141 Å². The average Bonchev–Trinajstić information content (AvgIpc) is 2.45. The lowest BCUT2D eigenvalue weighted by atomic mass is 10.0. The van der Waals surface area contributed by atoms with Crippen molar-refractivity contribution in [2.45, 2.75) is 51.3 Å². The van der Waals surface area contributed by atoms with E-state index in [0.29, 0.717) is 25.9 Å². The van der Waals surface area contributed by atoms with Crippen molar-refractivity contribution in [2.24, 2.45) is 0 Å². The van der Waals surface area contributed by atoms with E-state index in [1.807, 2.05) is 0 Å². The molecule has 1 heterocycles. The normalized spacial score (nSPS) is 17.1. The van der Waals surface area contributed by atoms with Gasteiger partial charge in [0.05, 0.1) is 6.61 Å². The summed E-state index contributed by atoms with van der Waals surface area (Å²) in [6, 6.07) is -1.00. The molecule has 9 heteroatoms. The molecule has 1 saturated heterocycles. The maximum Gasteiger partial charge on any atom is 0.408 e. The van der Waals surface area contributed by atoms with Crippen LogP contribution >= 0.6 is 0 Å². The molecule has 1 rings (SSSR count). The fourth-order valence-corrected chi connectivity index (χ4v) is 2.32. The highest BCUT2D eigenvalue weighted by atomic mass is 16.6. The Morgan fingerprint density at radius 3 is 2.29 bits per heavy atom. The van der Waals surface area contributed by atoms with Crippen LogP contribution in [0.1, 0.15) is 33.6 Å². The Kier molecular flexibility index (Phi) is 7.27. The van der Waals surface area contributed by atoms with Crippen molar-refractivity contribution in [3.8, 4) is 0 Å². The van der Waals surface area contributed by atoms with E-state index in [2.05, 4.69) is 10.6 Å². The first-order chi connectivity index (χ1) is 11.1. The lowest BCUT2D eigenvalue weighted by Gasteiger charge is -2.31. The van der Waals surface area contributed by atoms with Crippen LogP contribution in [0.3, 0.4) is 0 Å². The van der Waals surface area contributed by atoms with Gasteiger partial charge in [0, 0.05) is 26.2 Å². The molecule has 0 aromatic heterocycles. The number of ether oxygens (including phenoxy) is 2. The van der Waals surface area contributed by atoms with E-state index in [1.165, 1.54) is 12.0 Å². The van der Waals surface area contributed by atoms with Crippen LogP contribution in [0.2, 0.25) is 0 Å². The Bertz CT molecular complexity index is 455. The van der Waals surface area contributed by atoms with E-state index in [9.17, 15) is 14.4 Å². The number of nitrogens with zero attached hydrogens (tertiary/aromatic N) is 1. The number of hydrogen-bond donors (Lipinski definition) is 3. The summed E-state index contributed by atoms with van der Waals surface area (Å²) in [5, 5.41) is 14.2. The molecule has 0 aromatic rings. The van der Waals surface area contributed by atoms with Gasteiger partial charge in [-0.15, -0.1) is 0 Å². The van der Waals surface area contributed by atoms with Crippen molar-refractivity contribution < 1.29 is 29.0 Å². The molecule has 1 fully saturated rings. The van der Waals surface area contributed by atoms with Gasteiger partial charge in [-0.1, -0.05) is 0 Å². The van der Waals surface area contributed by atoms with E-state index in [0.717, 1.165) is 0 Å². The number of piperidine rings is 1. The zero-order chi connectivity index (χ0) is 18.3. The van der Waals surface area contributed by atoms with Crippen LogP contribution in [0.4, 0.5) is 9.59 Å². The van der Waals surface area contributed by atoms with Gasteiger partial charge in [0.25, 0.3) is 0 Å². The molecule has 0 unspecified atom stereocenters. The predicted molar refractivity (Wildman–Crippen MR) is 85.8 cm³/mol. The van der Waals surface area contributed by atoms with Crippen molar-refractivity contribution in [3.63, 3.8) is 0 Å². The second-order valence-electron chi connectivity index (χ2n) is 6.71. The quantitative estimate of drug-likeness (QED) is 0.678. The van der Waals surface area contributed by atoms with Crippen LogP contribution in [-0.4, -0.2) is 72.6 Å². The first kappa shape index (κ1) is 20.0. The second-order valence-corrected chi connectivity index (χ2v) is 6.71. The number of amides is 3. The lowest BCUT2D eigenvalue weighted by molar-refractivity contribution is -0.125. The first-order valence-electron chi connectivity index (χ1n) is 7.89. The van der Waals surface area contributed by atoms with Crippen molar-refractivity contribution in [3.05, 3.63) is 0 Å². The van der Waals surface area contributed by atoms with Gasteiger partial charge < -0.3 is 30.1 Å². The summed E-state index contributed by atoms with van der Waals surface area (Å²) in [4.78, 5) is 36.3. The molecule has 1 aliphatic rings. The van der Waals surface area contributed by atoms with E-state index in [4.69, 9.17) is 14.6 Å². The summed E-state index contributed by atoms with van der Waals surface area (Å²) in [5.74, 6) is -0.378. The van der Waals surface area contributed by atoms with Gasteiger partial charge in [0.1, 0.15) is 11.6 Å². The molecule has 138 valence electrons. The van der Waals surface area contributed by atoms with Crippen molar-refractivity contribution in [1.29, 1.82) is 0 Å². The van der Waals surface area contributed by atoms with E-state index in [-0.39, 0.29) is 18.6 Å². The number of alkyl carbamates (subject to hydrolysis) is 1.